The van der Waals surface area contributed by atoms with Gasteiger partial charge in [0.1, 0.15) is 5.75 Å². The lowest BCUT2D eigenvalue weighted by Gasteiger charge is -2.16. The van der Waals surface area contributed by atoms with Crippen LogP contribution < -0.4 is 10.1 Å². The average Bonchev–Trinajstić information content (AvgIpc) is 2.68. The van der Waals surface area contributed by atoms with E-state index >= 15 is 0 Å². The lowest BCUT2D eigenvalue weighted by molar-refractivity contribution is -0.116. The Morgan fingerprint density at radius 2 is 1.75 bits per heavy atom. The molecule has 0 aromatic heterocycles. The first-order valence-electron chi connectivity index (χ1n) is 9.89. The van der Waals surface area contributed by atoms with Crippen LogP contribution in [-0.4, -0.2) is 17.6 Å². The van der Waals surface area contributed by atoms with Gasteiger partial charge < -0.3 is 15.2 Å². The number of ether oxygens (including phenoxy) is 1. The number of hydrogen-bond donors (Lipinski definition) is 2. The van der Waals surface area contributed by atoms with E-state index in [-0.39, 0.29) is 17.5 Å². The average molecular weight is 382 g/mol. The molecule has 28 heavy (non-hydrogen) atoms. The van der Waals surface area contributed by atoms with E-state index in [1.54, 1.807) is 12.1 Å². The Bertz CT molecular complexity index is 779. The second-order valence-corrected chi connectivity index (χ2v) is 7.38. The third kappa shape index (κ3) is 6.15. The molecular formula is C24H31NO3. The van der Waals surface area contributed by atoms with Crippen molar-refractivity contribution in [1.82, 2.24) is 5.32 Å². The zero-order chi connectivity index (χ0) is 20.5. The molecule has 2 atom stereocenters. The first kappa shape index (κ1) is 21.5. The van der Waals surface area contributed by atoms with Crippen molar-refractivity contribution in [2.24, 2.45) is 5.92 Å². The Morgan fingerprint density at radius 3 is 2.32 bits per heavy atom. The maximum absolute atomic E-state index is 12.6. The quantitative estimate of drug-likeness (QED) is 0.440. The number of benzene rings is 2. The number of aryl methyl sites for hydroxylation is 1. The summed E-state index contributed by atoms with van der Waals surface area (Å²) in [7, 11) is 0. The predicted molar refractivity (Wildman–Crippen MR) is 114 cm³/mol. The summed E-state index contributed by atoms with van der Waals surface area (Å²) < 4.78 is 5.80. The zero-order valence-corrected chi connectivity index (χ0v) is 17.2. The summed E-state index contributed by atoms with van der Waals surface area (Å²) >= 11 is 0. The molecule has 0 heterocycles. The van der Waals surface area contributed by atoms with Crippen LogP contribution in [0, 0.1) is 12.8 Å². The minimum atomic E-state index is -0.319. The van der Waals surface area contributed by atoms with Crippen LogP contribution in [0.1, 0.15) is 56.3 Å². The van der Waals surface area contributed by atoms with E-state index in [0.717, 1.165) is 30.4 Å². The Hall–Kier alpha value is -2.75. The van der Waals surface area contributed by atoms with Gasteiger partial charge in [-0.2, -0.15) is 0 Å². The van der Waals surface area contributed by atoms with E-state index < -0.39 is 0 Å². The molecule has 4 nitrogen and oxygen atoms in total. The fourth-order valence-electron chi connectivity index (χ4n) is 3.02. The fraction of sp³-hybridized carbons (Fsp3) is 0.375. The number of rotatable bonds is 9. The normalized spacial score (nSPS) is 13.6. The van der Waals surface area contributed by atoms with Crippen LogP contribution in [0.25, 0.3) is 5.57 Å². The van der Waals surface area contributed by atoms with Crippen molar-refractivity contribution >= 4 is 11.5 Å². The Labute approximate surface area is 168 Å². The van der Waals surface area contributed by atoms with Crippen LogP contribution in [0.15, 0.2) is 54.8 Å². The van der Waals surface area contributed by atoms with Crippen LogP contribution in [-0.2, 0) is 4.79 Å². The monoisotopic (exact) mass is 381 g/mol. The van der Waals surface area contributed by atoms with Gasteiger partial charge in [-0.1, -0.05) is 62.2 Å². The molecule has 0 saturated heterocycles. The lowest BCUT2D eigenvalue weighted by atomic mass is 10.0. The largest absolute Gasteiger partial charge is 0.515 e. The molecule has 0 saturated carbocycles. The van der Waals surface area contributed by atoms with Crippen molar-refractivity contribution in [2.45, 2.75) is 46.6 Å². The summed E-state index contributed by atoms with van der Waals surface area (Å²) in [6.07, 6.45) is 3.13. The van der Waals surface area contributed by atoms with Crippen LogP contribution in [0.2, 0.25) is 0 Å². The van der Waals surface area contributed by atoms with Crippen molar-refractivity contribution in [1.29, 1.82) is 0 Å². The highest BCUT2D eigenvalue weighted by Crippen LogP contribution is 2.21. The van der Waals surface area contributed by atoms with E-state index in [4.69, 9.17) is 4.74 Å². The molecule has 0 aliphatic heterocycles. The highest BCUT2D eigenvalue weighted by Gasteiger charge is 2.16. The van der Waals surface area contributed by atoms with Gasteiger partial charge in [-0.25, -0.2) is 0 Å². The van der Waals surface area contributed by atoms with E-state index in [1.807, 2.05) is 50.2 Å². The molecular weight excluding hydrogens is 350 g/mol. The predicted octanol–water partition coefficient (Wildman–Crippen LogP) is 5.59. The Kier molecular flexibility index (Phi) is 8.12. The van der Waals surface area contributed by atoms with Gasteiger partial charge in [-0.3, -0.25) is 4.79 Å². The molecule has 2 aromatic rings. The van der Waals surface area contributed by atoms with Crippen molar-refractivity contribution in [2.75, 3.05) is 6.61 Å². The summed E-state index contributed by atoms with van der Waals surface area (Å²) in [5.74, 6) is 0.949. The minimum Gasteiger partial charge on any atom is -0.515 e. The van der Waals surface area contributed by atoms with Gasteiger partial charge in [-0.15, -0.1) is 0 Å². The summed E-state index contributed by atoms with van der Waals surface area (Å²) in [5, 5.41) is 12.6. The SMILES string of the molecule is CCCC(C)COc1ccc(C(=CO)C(=O)N[C@H](C)c2ccc(C)cc2)cc1. The van der Waals surface area contributed by atoms with E-state index in [0.29, 0.717) is 18.1 Å². The topological polar surface area (TPSA) is 58.6 Å². The van der Waals surface area contributed by atoms with Crippen molar-refractivity contribution in [3.05, 3.63) is 71.5 Å². The highest BCUT2D eigenvalue weighted by atomic mass is 16.5. The van der Waals surface area contributed by atoms with Crippen LogP contribution in [0.5, 0.6) is 5.75 Å². The first-order valence-corrected chi connectivity index (χ1v) is 9.89. The maximum atomic E-state index is 12.6. The molecule has 1 amide bonds. The van der Waals surface area contributed by atoms with Crippen LogP contribution in [0.4, 0.5) is 0 Å². The molecule has 4 heteroatoms. The van der Waals surface area contributed by atoms with Crippen molar-refractivity contribution in [3.63, 3.8) is 0 Å². The first-order chi connectivity index (χ1) is 13.4. The smallest absolute Gasteiger partial charge is 0.255 e. The number of aliphatic hydroxyl groups excluding tert-OH is 1. The number of carbonyl (C=O) groups excluding carboxylic acids is 1. The minimum absolute atomic E-state index is 0.161. The lowest BCUT2D eigenvalue weighted by Crippen LogP contribution is -2.27. The highest BCUT2D eigenvalue weighted by molar-refractivity contribution is 6.19. The number of nitrogens with one attached hydrogen (secondary N) is 1. The molecule has 1 unspecified atom stereocenters. The molecule has 0 radical (unpaired) electrons. The number of aliphatic hydroxyl groups is 1. The number of hydrogen-bond acceptors (Lipinski definition) is 3. The zero-order valence-electron chi connectivity index (χ0n) is 17.2. The molecule has 0 fully saturated rings. The second-order valence-electron chi connectivity index (χ2n) is 7.38. The van der Waals surface area contributed by atoms with Gasteiger partial charge in [0, 0.05) is 0 Å². The Balaban J connectivity index is 1.99. The standard InChI is InChI=1S/C24H31NO3/c1-5-6-18(3)16-28-22-13-11-21(12-14-22)23(15-26)24(27)25-19(4)20-9-7-17(2)8-10-20/h7-15,18-19,26H,5-6,16H2,1-4H3,(H,25,27)/t18?,19-/m1/s1. The number of carbonyl (C=O) groups is 1. The third-order valence-corrected chi connectivity index (χ3v) is 4.78. The third-order valence-electron chi connectivity index (χ3n) is 4.78. The molecule has 0 spiro atoms. The molecule has 0 aliphatic carbocycles. The van der Waals surface area contributed by atoms with Gasteiger partial charge in [0.05, 0.1) is 24.5 Å². The van der Waals surface area contributed by atoms with E-state index in [1.165, 1.54) is 5.56 Å². The van der Waals surface area contributed by atoms with E-state index in [9.17, 15) is 9.90 Å². The summed E-state index contributed by atoms with van der Waals surface area (Å²) in [4.78, 5) is 12.6. The molecule has 0 aliphatic rings. The molecule has 2 N–H and O–H groups in total. The fourth-order valence-corrected chi connectivity index (χ4v) is 3.02. The molecule has 2 rings (SSSR count). The van der Waals surface area contributed by atoms with Gasteiger partial charge in [0.15, 0.2) is 0 Å². The second kappa shape index (κ2) is 10.5. The van der Waals surface area contributed by atoms with E-state index in [2.05, 4.69) is 19.2 Å². The van der Waals surface area contributed by atoms with Gasteiger partial charge >= 0.3 is 0 Å². The summed E-state index contributed by atoms with van der Waals surface area (Å²) in [6.45, 7) is 8.96. The summed E-state index contributed by atoms with van der Waals surface area (Å²) in [5.41, 5.74) is 3.06. The molecule has 150 valence electrons. The molecule has 0 bridgehead atoms. The van der Waals surface area contributed by atoms with Crippen molar-refractivity contribution in [3.8, 4) is 5.75 Å². The number of amides is 1. The summed E-state index contributed by atoms with van der Waals surface area (Å²) in [6, 6.07) is 15.1. The maximum Gasteiger partial charge on any atom is 0.255 e. The van der Waals surface area contributed by atoms with Crippen LogP contribution in [0.3, 0.4) is 0 Å². The van der Waals surface area contributed by atoms with Gasteiger partial charge in [0.2, 0.25) is 0 Å². The molecule has 2 aromatic carbocycles. The van der Waals surface area contributed by atoms with Gasteiger partial charge in [-0.05, 0) is 49.4 Å². The van der Waals surface area contributed by atoms with Crippen molar-refractivity contribution < 1.29 is 14.6 Å². The van der Waals surface area contributed by atoms with Gasteiger partial charge in [0.25, 0.3) is 5.91 Å². The van der Waals surface area contributed by atoms with Crippen LogP contribution >= 0.6 is 0 Å². The Morgan fingerprint density at radius 1 is 1.11 bits per heavy atom.